The molecule has 3 amide bonds. The van der Waals surface area contributed by atoms with Gasteiger partial charge in [0, 0.05) is 36.3 Å². The third-order valence-electron chi connectivity index (χ3n) is 5.62. The highest BCUT2D eigenvalue weighted by atomic mass is 32.2. The molecular formula is C24H26N6O3S3. The molecule has 12 heteroatoms. The highest BCUT2D eigenvalue weighted by Crippen LogP contribution is 2.31. The van der Waals surface area contributed by atoms with E-state index in [4.69, 9.17) is 0 Å². The molecule has 0 saturated carbocycles. The summed E-state index contributed by atoms with van der Waals surface area (Å²) in [6.07, 6.45) is 5.00. The van der Waals surface area contributed by atoms with Gasteiger partial charge in [0.1, 0.15) is 15.6 Å². The molecule has 0 spiro atoms. The molecule has 0 bridgehead atoms. The summed E-state index contributed by atoms with van der Waals surface area (Å²) in [6, 6.07) is 3.59. The molecule has 9 nitrogen and oxygen atoms in total. The summed E-state index contributed by atoms with van der Waals surface area (Å²) < 4.78 is 0. The minimum Gasteiger partial charge on any atom is -0.339 e. The zero-order chi connectivity index (χ0) is 25.7. The van der Waals surface area contributed by atoms with Crippen LogP contribution < -0.4 is 10.9 Å². The van der Waals surface area contributed by atoms with Crippen LogP contribution in [0.2, 0.25) is 0 Å². The number of nitrogens with zero attached hydrogens (tertiary/aromatic N) is 4. The first kappa shape index (κ1) is 26.0. The summed E-state index contributed by atoms with van der Waals surface area (Å²) in [7, 11) is 0. The fourth-order valence-corrected chi connectivity index (χ4v) is 6.37. The predicted octanol–water partition coefficient (Wildman–Crippen LogP) is 3.98. The molecule has 4 heterocycles. The Morgan fingerprint density at radius 3 is 2.64 bits per heavy atom. The fourth-order valence-electron chi connectivity index (χ4n) is 3.86. The molecule has 3 aromatic heterocycles. The molecule has 0 radical (unpaired) electrons. The highest BCUT2D eigenvalue weighted by molar-refractivity contribution is 7.99. The van der Waals surface area contributed by atoms with Crippen LogP contribution in [0.3, 0.4) is 0 Å². The number of aryl methyl sites for hydroxylation is 2. The van der Waals surface area contributed by atoms with Gasteiger partial charge in [0.25, 0.3) is 17.7 Å². The van der Waals surface area contributed by atoms with Gasteiger partial charge < -0.3 is 4.90 Å². The molecule has 0 aliphatic carbocycles. The fraction of sp³-hybridized carbons (Fsp3) is 0.333. The van der Waals surface area contributed by atoms with Crippen molar-refractivity contribution in [2.24, 2.45) is 0 Å². The van der Waals surface area contributed by atoms with Gasteiger partial charge in [-0.25, -0.2) is 15.0 Å². The van der Waals surface area contributed by atoms with E-state index in [1.807, 2.05) is 17.9 Å². The lowest BCUT2D eigenvalue weighted by Crippen LogP contribution is -2.41. The molecular weight excluding hydrogens is 517 g/mol. The van der Waals surface area contributed by atoms with Gasteiger partial charge in [0.05, 0.1) is 21.3 Å². The number of hydrazine groups is 1. The molecule has 1 aliphatic rings. The normalized spacial score (nSPS) is 13.9. The largest absolute Gasteiger partial charge is 0.339 e. The quantitative estimate of drug-likeness (QED) is 0.263. The van der Waals surface area contributed by atoms with Crippen molar-refractivity contribution in [2.75, 3.05) is 18.8 Å². The molecule has 4 rings (SSSR count). The number of hydrogen-bond donors (Lipinski definition) is 2. The van der Waals surface area contributed by atoms with Gasteiger partial charge >= 0.3 is 0 Å². The Balaban J connectivity index is 1.31. The van der Waals surface area contributed by atoms with Crippen LogP contribution in [0.25, 0.3) is 0 Å². The zero-order valence-corrected chi connectivity index (χ0v) is 22.4. The van der Waals surface area contributed by atoms with Gasteiger partial charge in [-0.2, -0.15) is 0 Å². The lowest BCUT2D eigenvalue weighted by molar-refractivity contribution is 0.0708. The minimum absolute atomic E-state index is 0.0190. The van der Waals surface area contributed by atoms with Crippen molar-refractivity contribution in [3.8, 4) is 0 Å². The van der Waals surface area contributed by atoms with E-state index in [-0.39, 0.29) is 17.5 Å². The first-order chi connectivity index (χ1) is 17.4. The van der Waals surface area contributed by atoms with Gasteiger partial charge in [-0.05, 0) is 38.8 Å². The summed E-state index contributed by atoms with van der Waals surface area (Å²) in [5.41, 5.74) is 6.35. The summed E-state index contributed by atoms with van der Waals surface area (Å²) in [5, 5.41) is 4.05. The van der Waals surface area contributed by atoms with Crippen molar-refractivity contribution in [1.29, 1.82) is 0 Å². The number of likely N-dealkylation sites (tertiary alicyclic amines) is 1. The molecule has 36 heavy (non-hydrogen) atoms. The van der Waals surface area contributed by atoms with E-state index in [1.54, 1.807) is 30.6 Å². The number of hydrogen-bond acceptors (Lipinski definition) is 9. The second-order valence-corrected chi connectivity index (χ2v) is 11.3. The van der Waals surface area contributed by atoms with E-state index in [1.165, 1.54) is 34.4 Å². The first-order valence-electron chi connectivity index (χ1n) is 11.4. The Morgan fingerprint density at radius 1 is 1.19 bits per heavy atom. The number of thioether (sulfide) groups is 1. The van der Waals surface area contributed by atoms with Gasteiger partial charge in [0.2, 0.25) is 0 Å². The van der Waals surface area contributed by atoms with E-state index in [0.717, 1.165) is 22.9 Å². The zero-order valence-electron chi connectivity index (χ0n) is 19.9. The lowest BCUT2D eigenvalue weighted by Gasteiger charge is -2.31. The smallest absolute Gasteiger partial charge is 0.289 e. The van der Waals surface area contributed by atoms with Crippen molar-refractivity contribution < 1.29 is 14.4 Å². The number of thiazole rings is 2. The van der Waals surface area contributed by atoms with Crippen molar-refractivity contribution in [2.45, 2.75) is 37.6 Å². The molecule has 1 saturated heterocycles. The Morgan fingerprint density at radius 2 is 1.94 bits per heavy atom. The molecule has 0 atom stereocenters. The highest BCUT2D eigenvalue weighted by Gasteiger charge is 2.28. The summed E-state index contributed by atoms with van der Waals surface area (Å²) in [6.45, 7) is 8.52. The van der Waals surface area contributed by atoms with E-state index < -0.39 is 11.8 Å². The van der Waals surface area contributed by atoms with Crippen LogP contribution in [0.5, 0.6) is 0 Å². The number of amides is 3. The van der Waals surface area contributed by atoms with Gasteiger partial charge in [0.15, 0.2) is 0 Å². The number of carbonyl (C=O) groups excluding carboxylic acids is 3. The summed E-state index contributed by atoms with van der Waals surface area (Å²) in [4.78, 5) is 53.3. The topological polar surface area (TPSA) is 117 Å². The number of piperidine rings is 1. The van der Waals surface area contributed by atoms with Crippen molar-refractivity contribution >= 4 is 52.2 Å². The van der Waals surface area contributed by atoms with Crippen LogP contribution >= 0.6 is 34.4 Å². The number of rotatable bonds is 7. The summed E-state index contributed by atoms with van der Waals surface area (Å²) >= 11 is 4.19. The third-order valence-corrected chi connectivity index (χ3v) is 8.70. The summed E-state index contributed by atoms with van der Waals surface area (Å²) in [5.74, 6) is -0.0406. The van der Waals surface area contributed by atoms with Crippen molar-refractivity contribution in [3.63, 3.8) is 0 Å². The number of carbonyl (C=O) groups is 3. The molecule has 1 aliphatic heterocycles. The van der Waals surface area contributed by atoms with Crippen LogP contribution in [0.1, 0.15) is 65.0 Å². The SMILES string of the molecule is C=CCSc1ncccc1C(=O)N1CCC(c2nc(C(=O)NNC(=O)c3sc(C)nc3C)cs2)CC1. The Kier molecular flexibility index (Phi) is 8.49. The van der Waals surface area contributed by atoms with Crippen LogP contribution in [-0.2, 0) is 0 Å². The molecule has 0 unspecified atom stereocenters. The Labute approximate surface area is 221 Å². The maximum Gasteiger partial charge on any atom is 0.289 e. The first-order valence-corrected chi connectivity index (χ1v) is 14.0. The Bertz CT molecular complexity index is 1280. The van der Waals surface area contributed by atoms with Crippen LogP contribution in [-0.4, -0.2) is 56.4 Å². The van der Waals surface area contributed by atoms with Gasteiger partial charge in [-0.3, -0.25) is 25.2 Å². The van der Waals surface area contributed by atoms with E-state index in [2.05, 4.69) is 32.4 Å². The lowest BCUT2D eigenvalue weighted by atomic mass is 9.97. The maximum atomic E-state index is 13.1. The van der Waals surface area contributed by atoms with Crippen LogP contribution in [0.15, 0.2) is 41.4 Å². The second-order valence-electron chi connectivity index (χ2n) is 8.15. The molecule has 1 fully saturated rings. The van der Waals surface area contributed by atoms with Crippen LogP contribution in [0, 0.1) is 13.8 Å². The maximum absolute atomic E-state index is 13.1. The molecule has 2 N–H and O–H groups in total. The molecule has 3 aromatic rings. The third kappa shape index (κ3) is 6.00. The standard InChI is InChI=1S/C24H26N6O3S3/c1-4-12-34-23-17(6-5-9-25-23)24(33)30-10-7-16(8-11-30)22-27-18(13-35-22)20(31)28-29-21(32)19-14(2)26-15(3)36-19/h4-6,9,13,16H,1,7-8,10-12H2,2-3H3,(H,28,31)(H,29,32). The predicted molar refractivity (Wildman–Crippen MR) is 142 cm³/mol. The van der Waals surface area contributed by atoms with Crippen LogP contribution in [0.4, 0.5) is 0 Å². The number of nitrogens with one attached hydrogen (secondary N) is 2. The second kappa shape index (κ2) is 11.8. The van der Waals surface area contributed by atoms with Crippen molar-refractivity contribution in [1.82, 2.24) is 30.7 Å². The van der Waals surface area contributed by atoms with E-state index in [0.29, 0.717) is 40.0 Å². The number of pyridine rings is 1. The van der Waals surface area contributed by atoms with E-state index >= 15 is 0 Å². The van der Waals surface area contributed by atoms with E-state index in [9.17, 15) is 14.4 Å². The van der Waals surface area contributed by atoms with Crippen molar-refractivity contribution in [3.05, 3.63) is 68.2 Å². The molecule has 0 aromatic carbocycles. The minimum atomic E-state index is -0.474. The average molecular weight is 543 g/mol. The van der Waals surface area contributed by atoms with Gasteiger partial charge in [-0.1, -0.05) is 6.08 Å². The number of aromatic nitrogens is 3. The van der Waals surface area contributed by atoms with Gasteiger partial charge in [-0.15, -0.1) is 41.0 Å². The monoisotopic (exact) mass is 542 g/mol. The molecule has 188 valence electrons. The Hall–Kier alpha value is -3.09. The average Bonchev–Trinajstić information content (AvgIpc) is 3.52.